The largest absolute Gasteiger partial charge is 0.355 e. The second-order valence-electron chi connectivity index (χ2n) is 2.79. The first-order chi connectivity index (χ1) is 6.36. The van der Waals surface area contributed by atoms with Crippen molar-refractivity contribution >= 4 is 5.96 Å². The average Bonchev–Trinajstić information content (AvgIpc) is 2.74. The zero-order valence-corrected chi connectivity index (χ0v) is 7.28. The van der Waals surface area contributed by atoms with Gasteiger partial charge in [0.2, 0.25) is 0 Å². The Kier molecular flexibility index (Phi) is 2.07. The van der Waals surface area contributed by atoms with Gasteiger partial charge in [-0.2, -0.15) is 5.21 Å². The van der Waals surface area contributed by atoms with Crippen LogP contribution in [0.25, 0.3) is 0 Å². The number of nitrogens with one attached hydrogen (secondary N) is 3. The van der Waals surface area contributed by atoms with Crippen LogP contribution in [-0.2, 0) is 0 Å². The summed E-state index contributed by atoms with van der Waals surface area (Å²) in [6, 6.07) is 0.0168. The molecule has 1 aromatic heterocycles. The molecule has 2 rings (SSSR count). The molecular weight excluding hydrogens is 170 g/mol. The molecule has 0 saturated carbocycles. The lowest BCUT2D eigenvalue weighted by Crippen LogP contribution is -2.35. The van der Waals surface area contributed by atoms with E-state index in [1.165, 1.54) is 0 Å². The van der Waals surface area contributed by atoms with Crippen molar-refractivity contribution in [3.05, 3.63) is 5.82 Å². The molecule has 1 aliphatic rings. The van der Waals surface area contributed by atoms with Crippen molar-refractivity contribution < 1.29 is 0 Å². The third-order valence-corrected chi connectivity index (χ3v) is 1.78. The van der Waals surface area contributed by atoms with E-state index in [-0.39, 0.29) is 6.04 Å². The lowest BCUT2D eigenvalue weighted by atomic mass is 10.3. The van der Waals surface area contributed by atoms with Gasteiger partial charge in [-0.05, 0) is 6.92 Å². The van der Waals surface area contributed by atoms with Crippen LogP contribution in [0.2, 0.25) is 0 Å². The minimum absolute atomic E-state index is 0.0168. The lowest BCUT2D eigenvalue weighted by Gasteiger charge is -2.10. The SMILES string of the molecule is CC(NC1=NCCN1)c1nn[nH]n1. The van der Waals surface area contributed by atoms with Crippen molar-refractivity contribution in [2.75, 3.05) is 13.1 Å². The van der Waals surface area contributed by atoms with Crippen molar-refractivity contribution in [3.8, 4) is 0 Å². The van der Waals surface area contributed by atoms with Gasteiger partial charge in [0, 0.05) is 6.54 Å². The molecule has 2 heterocycles. The van der Waals surface area contributed by atoms with Crippen LogP contribution in [0.1, 0.15) is 18.8 Å². The fourth-order valence-corrected chi connectivity index (χ4v) is 1.12. The van der Waals surface area contributed by atoms with Crippen LogP contribution in [0.5, 0.6) is 0 Å². The number of guanidine groups is 1. The van der Waals surface area contributed by atoms with Gasteiger partial charge < -0.3 is 10.6 Å². The molecule has 0 bridgehead atoms. The summed E-state index contributed by atoms with van der Waals surface area (Å²) in [5, 5.41) is 19.9. The highest BCUT2D eigenvalue weighted by molar-refractivity contribution is 5.81. The van der Waals surface area contributed by atoms with E-state index < -0.39 is 0 Å². The Hall–Kier alpha value is -1.66. The molecule has 0 amide bonds. The van der Waals surface area contributed by atoms with Gasteiger partial charge in [-0.25, -0.2) is 0 Å². The first-order valence-electron chi connectivity index (χ1n) is 4.14. The highest BCUT2D eigenvalue weighted by Gasteiger charge is 2.13. The van der Waals surface area contributed by atoms with Crippen LogP contribution in [0.15, 0.2) is 4.99 Å². The summed E-state index contributed by atoms with van der Waals surface area (Å²) in [7, 11) is 0. The van der Waals surface area contributed by atoms with Crippen LogP contribution < -0.4 is 10.6 Å². The minimum atomic E-state index is 0.0168. The molecule has 0 fully saturated rings. The van der Waals surface area contributed by atoms with E-state index in [0.717, 1.165) is 19.0 Å². The number of hydrogen-bond acceptors (Lipinski definition) is 6. The van der Waals surface area contributed by atoms with Gasteiger partial charge >= 0.3 is 0 Å². The predicted octanol–water partition coefficient (Wildman–Crippen LogP) is -1.19. The van der Waals surface area contributed by atoms with Gasteiger partial charge in [0.15, 0.2) is 11.8 Å². The van der Waals surface area contributed by atoms with Gasteiger partial charge in [0.05, 0.1) is 12.6 Å². The number of aliphatic imine (C=N–C) groups is 1. The lowest BCUT2D eigenvalue weighted by molar-refractivity contribution is 0.654. The van der Waals surface area contributed by atoms with Crippen LogP contribution in [0.3, 0.4) is 0 Å². The second-order valence-corrected chi connectivity index (χ2v) is 2.79. The number of hydrogen-bond donors (Lipinski definition) is 3. The molecule has 0 saturated heterocycles. The summed E-state index contributed by atoms with van der Waals surface area (Å²) in [5.74, 6) is 1.44. The Bertz CT molecular complexity index is 290. The summed E-state index contributed by atoms with van der Waals surface area (Å²) in [4.78, 5) is 4.19. The van der Waals surface area contributed by atoms with E-state index >= 15 is 0 Å². The molecule has 13 heavy (non-hydrogen) atoms. The van der Waals surface area contributed by atoms with E-state index in [2.05, 4.69) is 36.3 Å². The number of H-pyrrole nitrogens is 1. The summed E-state index contributed by atoms with van der Waals surface area (Å²) in [5.41, 5.74) is 0. The zero-order chi connectivity index (χ0) is 9.10. The molecule has 1 aliphatic heterocycles. The highest BCUT2D eigenvalue weighted by Crippen LogP contribution is 2.02. The smallest absolute Gasteiger partial charge is 0.196 e. The van der Waals surface area contributed by atoms with E-state index in [1.54, 1.807) is 0 Å². The molecule has 1 unspecified atom stereocenters. The first-order valence-corrected chi connectivity index (χ1v) is 4.14. The highest BCUT2D eigenvalue weighted by atomic mass is 15.5. The van der Waals surface area contributed by atoms with E-state index in [0.29, 0.717) is 5.82 Å². The summed E-state index contributed by atoms with van der Waals surface area (Å²) in [6.45, 7) is 3.66. The molecule has 0 aromatic carbocycles. The third kappa shape index (κ3) is 1.74. The Morgan fingerprint density at radius 2 is 2.46 bits per heavy atom. The molecule has 1 atom stereocenters. The number of aromatic amines is 1. The van der Waals surface area contributed by atoms with Crippen molar-refractivity contribution in [1.29, 1.82) is 0 Å². The topological polar surface area (TPSA) is 90.9 Å². The summed E-state index contributed by atoms with van der Waals surface area (Å²) < 4.78 is 0. The van der Waals surface area contributed by atoms with Gasteiger partial charge in [-0.15, -0.1) is 10.2 Å². The van der Waals surface area contributed by atoms with Crippen LogP contribution in [0.4, 0.5) is 0 Å². The third-order valence-electron chi connectivity index (χ3n) is 1.78. The van der Waals surface area contributed by atoms with Crippen molar-refractivity contribution in [3.63, 3.8) is 0 Å². The maximum absolute atomic E-state index is 4.19. The van der Waals surface area contributed by atoms with E-state index in [9.17, 15) is 0 Å². The molecule has 70 valence electrons. The van der Waals surface area contributed by atoms with E-state index in [1.807, 2.05) is 6.92 Å². The second kappa shape index (κ2) is 3.38. The predicted molar refractivity (Wildman–Crippen MR) is 46.0 cm³/mol. The molecule has 7 heteroatoms. The van der Waals surface area contributed by atoms with Crippen LogP contribution >= 0.6 is 0 Å². The maximum Gasteiger partial charge on any atom is 0.196 e. The number of rotatable bonds is 2. The maximum atomic E-state index is 4.19. The Labute approximate surface area is 75.0 Å². The number of tetrazole rings is 1. The molecule has 1 aromatic rings. The minimum Gasteiger partial charge on any atom is -0.355 e. The summed E-state index contributed by atoms with van der Waals surface area (Å²) in [6.07, 6.45) is 0. The van der Waals surface area contributed by atoms with Crippen LogP contribution in [0, 0.1) is 0 Å². The fraction of sp³-hybridized carbons (Fsp3) is 0.667. The molecule has 7 nitrogen and oxygen atoms in total. The average molecular weight is 181 g/mol. The van der Waals surface area contributed by atoms with Crippen molar-refractivity contribution in [2.24, 2.45) is 4.99 Å². The molecular formula is C6H11N7. The van der Waals surface area contributed by atoms with Crippen LogP contribution in [-0.4, -0.2) is 39.7 Å². The first kappa shape index (κ1) is 7.96. The number of aromatic nitrogens is 4. The molecule has 0 aliphatic carbocycles. The van der Waals surface area contributed by atoms with E-state index in [4.69, 9.17) is 0 Å². The Balaban J connectivity index is 1.95. The molecule has 0 spiro atoms. The Morgan fingerprint density at radius 1 is 1.54 bits per heavy atom. The molecule has 0 radical (unpaired) electrons. The normalized spacial score (nSPS) is 17.8. The quantitative estimate of drug-likeness (QED) is 0.533. The van der Waals surface area contributed by atoms with Gasteiger partial charge in [0.1, 0.15) is 0 Å². The van der Waals surface area contributed by atoms with Gasteiger partial charge in [-0.1, -0.05) is 5.21 Å². The Morgan fingerprint density at radius 3 is 3.08 bits per heavy atom. The fourth-order valence-electron chi connectivity index (χ4n) is 1.12. The standard InChI is InChI=1S/C6H11N7/c1-4(5-10-12-13-11-5)9-6-7-2-3-8-6/h4H,2-3H2,1H3,(H2,7,8,9)(H,10,11,12,13). The monoisotopic (exact) mass is 181 g/mol. The summed E-state index contributed by atoms with van der Waals surface area (Å²) >= 11 is 0. The number of nitrogens with zero attached hydrogens (tertiary/aromatic N) is 4. The zero-order valence-electron chi connectivity index (χ0n) is 7.28. The van der Waals surface area contributed by atoms with Crippen molar-refractivity contribution in [1.82, 2.24) is 31.3 Å². The molecule has 3 N–H and O–H groups in total. The van der Waals surface area contributed by atoms with Crippen molar-refractivity contribution in [2.45, 2.75) is 13.0 Å². The van der Waals surface area contributed by atoms with Gasteiger partial charge in [0.25, 0.3) is 0 Å². The van der Waals surface area contributed by atoms with Gasteiger partial charge in [-0.3, -0.25) is 4.99 Å².